The van der Waals surface area contributed by atoms with Crippen LogP contribution in [0.25, 0.3) is 16.9 Å². The van der Waals surface area contributed by atoms with Gasteiger partial charge < -0.3 is 25.4 Å². The van der Waals surface area contributed by atoms with Crippen LogP contribution in [0.5, 0.6) is 5.75 Å². The van der Waals surface area contributed by atoms with E-state index < -0.39 is 0 Å². The van der Waals surface area contributed by atoms with Crippen LogP contribution in [0, 0.1) is 0 Å². The Morgan fingerprint density at radius 3 is 2.53 bits per heavy atom. The molecule has 9 heteroatoms. The predicted molar refractivity (Wildman–Crippen MR) is 116 cm³/mol. The fraction of sp³-hybridized carbons (Fsp3) is 0.238. The highest BCUT2D eigenvalue weighted by Crippen LogP contribution is 2.36. The smallest absolute Gasteiger partial charge is 0.322 e. The normalized spacial score (nSPS) is 13.9. The van der Waals surface area contributed by atoms with Crippen LogP contribution in [0.2, 0.25) is 5.02 Å². The zero-order chi connectivity index (χ0) is 21.1. The quantitative estimate of drug-likeness (QED) is 0.662. The molecule has 1 saturated heterocycles. The van der Waals surface area contributed by atoms with Gasteiger partial charge in [-0.1, -0.05) is 23.7 Å². The van der Waals surface area contributed by atoms with E-state index in [0.29, 0.717) is 48.4 Å². The van der Waals surface area contributed by atoms with E-state index >= 15 is 0 Å². The van der Waals surface area contributed by atoms with Crippen LogP contribution in [0.1, 0.15) is 0 Å². The molecule has 2 aromatic carbocycles. The number of hydrogen-bond acceptors (Lipinski definition) is 5. The van der Waals surface area contributed by atoms with E-state index in [1.165, 1.54) is 4.68 Å². The monoisotopic (exact) mass is 427 g/mol. The Hall–Kier alpha value is -3.23. The van der Waals surface area contributed by atoms with Crippen LogP contribution >= 0.6 is 11.6 Å². The van der Waals surface area contributed by atoms with Crippen LogP contribution in [-0.4, -0.2) is 54.1 Å². The number of ether oxygens (including phenoxy) is 2. The lowest BCUT2D eigenvalue weighted by molar-refractivity contribution is 0.0565. The second kappa shape index (κ2) is 8.64. The van der Waals surface area contributed by atoms with Gasteiger partial charge in [0.2, 0.25) is 0 Å². The van der Waals surface area contributed by atoms with Crippen molar-refractivity contribution >= 4 is 29.1 Å². The third-order valence-corrected chi connectivity index (χ3v) is 5.22. The number of methoxy groups -OCH3 is 1. The minimum Gasteiger partial charge on any atom is -0.497 e. The molecule has 3 aromatic rings. The summed E-state index contributed by atoms with van der Waals surface area (Å²) < 4.78 is 12.1. The number of nitrogens with two attached hydrogens (primary N) is 1. The molecular weight excluding hydrogens is 406 g/mol. The first-order chi connectivity index (χ1) is 14.6. The van der Waals surface area contributed by atoms with Gasteiger partial charge in [0.05, 0.1) is 31.0 Å². The molecule has 30 heavy (non-hydrogen) atoms. The largest absolute Gasteiger partial charge is 0.497 e. The Morgan fingerprint density at radius 2 is 1.87 bits per heavy atom. The average molecular weight is 428 g/mol. The number of benzene rings is 2. The summed E-state index contributed by atoms with van der Waals surface area (Å²) in [7, 11) is 1.60. The molecule has 4 rings (SSSR count). The van der Waals surface area contributed by atoms with E-state index in [0.717, 1.165) is 11.3 Å². The molecule has 1 aromatic heterocycles. The molecule has 0 bridgehead atoms. The van der Waals surface area contributed by atoms with Crippen molar-refractivity contribution in [3.63, 3.8) is 0 Å². The summed E-state index contributed by atoms with van der Waals surface area (Å²) in [5.41, 5.74) is 8.81. The minimum atomic E-state index is -0.251. The van der Waals surface area contributed by atoms with Gasteiger partial charge in [-0.3, -0.25) is 0 Å². The van der Waals surface area contributed by atoms with Crippen molar-refractivity contribution in [1.82, 2.24) is 14.7 Å². The molecule has 8 nitrogen and oxygen atoms in total. The first-order valence-electron chi connectivity index (χ1n) is 9.50. The summed E-state index contributed by atoms with van der Waals surface area (Å²) in [6.45, 7) is 2.05. The van der Waals surface area contributed by atoms with Crippen molar-refractivity contribution in [2.24, 2.45) is 0 Å². The molecule has 156 valence electrons. The third-order valence-electron chi connectivity index (χ3n) is 4.90. The van der Waals surface area contributed by atoms with Gasteiger partial charge in [0.15, 0.2) is 5.82 Å². The number of nitrogen functional groups attached to an aromatic ring is 1. The molecule has 0 atom stereocenters. The molecule has 2 amide bonds. The number of halogens is 1. The predicted octanol–water partition coefficient (Wildman–Crippen LogP) is 3.65. The fourth-order valence-electron chi connectivity index (χ4n) is 3.26. The summed E-state index contributed by atoms with van der Waals surface area (Å²) in [6, 6.07) is 14.4. The molecule has 2 heterocycles. The SMILES string of the molecule is COc1ccc(-c2nn(-c3ccccc3Cl)c(N)c2NC(=O)N2CCOCC2)cc1. The van der Waals surface area contributed by atoms with Crippen LogP contribution in [-0.2, 0) is 4.74 Å². The highest BCUT2D eigenvalue weighted by Gasteiger charge is 2.24. The number of amides is 2. The van der Waals surface area contributed by atoms with Crippen LogP contribution in [0.4, 0.5) is 16.3 Å². The van der Waals surface area contributed by atoms with E-state index in [4.69, 9.17) is 26.8 Å². The molecule has 1 aliphatic rings. The Labute approximate surface area is 179 Å². The van der Waals surface area contributed by atoms with Gasteiger partial charge in [-0.25, -0.2) is 9.48 Å². The summed E-state index contributed by atoms with van der Waals surface area (Å²) in [5.74, 6) is 1.01. The zero-order valence-corrected chi connectivity index (χ0v) is 17.2. The topological polar surface area (TPSA) is 94.6 Å². The number of para-hydroxylation sites is 1. The number of carbonyl (C=O) groups is 1. The van der Waals surface area contributed by atoms with E-state index in [2.05, 4.69) is 10.4 Å². The molecule has 0 aliphatic carbocycles. The van der Waals surface area contributed by atoms with Gasteiger partial charge in [0.25, 0.3) is 0 Å². The molecule has 3 N–H and O–H groups in total. The molecule has 0 radical (unpaired) electrons. The number of aromatic nitrogens is 2. The number of hydrogen-bond donors (Lipinski definition) is 2. The standard InChI is InChI=1S/C21H22ClN5O3/c1-29-15-8-6-14(7-9-15)18-19(24-21(28)26-10-12-30-13-11-26)20(23)27(25-18)17-5-3-2-4-16(17)22/h2-9H,10-13,23H2,1H3,(H,24,28). The summed E-state index contributed by atoms with van der Waals surface area (Å²) >= 11 is 6.36. The molecule has 1 aliphatic heterocycles. The number of morpholine rings is 1. The van der Waals surface area contributed by atoms with Crippen molar-refractivity contribution in [3.05, 3.63) is 53.6 Å². The lowest BCUT2D eigenvalue weighted by Gasteiger charge is -2.27. The zero-order valence-electron chi connectivity index (χ0n) is 16.5. The van der Waals surface area contributed by atoms with Gasteiger partial charge in [-0.05, 0) is 36.4 Å². The highest BCUT2D eigenvalue weighted by atomic mass is 35.5. The maximum atomic E-state index is 12.8. The molecule has 0 saturated carbocycles. The minimum absolute atomic E-state index is 0.251. The molecule has 0 spiro atoms. The Kier molecular flexibility index (Phi) is 5.78. The maximum Gasteiger partial charge on any atom is 0.322 e. The van der Waals surface area contributed by atoms with E-state index in [-0.39, 0.29) is 11.8 Å². The number of urea groups is 1. The van der Waals surface area contributed by atoms with E-state index in [9.17, 15) is 4.79 Å². The van der Waals surface area contributed by atoms with Crippen molar-refractivity contribution in [1.29, 1.82) is 0 Å². The Morgan fingerprint density at radius 1 is 1.17 bits per heavy atom. The summed E-state index contributed by atoms with van der Waals surface area (Å²) in [4.78, 5) is 14.5. The van der Waals surface area contributed by atoms with Crippen molar-refractivity contribution in [2.75, 3.05) is 44.5 Å². The Bertz CT molecular complexity index is 1050. The lowest BCUT2D eigenvalue weighted by Crippen LogP contribution is -2.43. The second-order valence-electron chi connectivity index (χ2n) is 6.73. The van der Waals surface area contributed by atoms with E-state index in [1.54, 1.807) is 18.1 Å². The third kappa shape index (κ3) is 3.92. The van der Waals surface area contributed by atoms with Crippen molar-refractivity contribution in [2.45, 2.75) is 0 Å². The number of carbonyl (C=O) groups excluding carboxylic acids is 1. The number of nitrogens with one attached hydrogen (secondary N) is 1. The molecule has 0 unspecified atom stereocenters. The van der Waals surface area contributed by atoms with Gasteiger partial charge in [0, 0.05) is 18.7 Å². The van der Waals surface area contributed by atoms with Gasteiger partial charge in [-0.15, -0.1) is 0 Å². The van der Waals surface area contributed by atoms with Crippen LogP contribution in [0.15, 0.2) is 48.5 Å². The van der Waals surface area contributed by atoms with Crippen molar-refractivity contribution in [3.8, 4) is 22.7 Å². The second-order valence-corrected chi connectivity index (χ2v) is 7.14. The maximum absolute atomic E-state index is 12.8. The van der Waals surface area contributed by atoms with Gasteiger partial charge in [0.1, 0.15) is 17.1 Å². The highest BCUT2D eigenvalue weighted by molar-refractivity contribution is 6.32. The first-order valence-corrected chi connectivity index (χ1v) is 9.88. The van der Waals surface area contributed by atoms with Gasteiger partial charge in [-0.2, -0.15) is 5.10 Å². The summed E-state index contributed by atoms with van der Waals surface area (Å²) in [6.07, 6.45) is 0. The van der Waals surface area contributed by atoms with Crippen LogP contribution in [0.3, 0.4) is 0 Å². The van der Waals surface area contributed by atoms with Gasteiger partial charge >= 0.3 is 6.03 Å². The lowest BCUT2D eigenvalue weighted by atomic mass is 10.1. The number of anilines is 2. The van der Waals surface area contributed by atoms with E-state index in [1.807, 2.05) is 42.5 Å². The van der Waals surface area contributed by atoms with Crippen molar-refractivity contribution < 1.29 is 14.3 Å². The van der Waals surface area contributed by atoms with Crippen LogP contribution < -0.4 is 15.8 Å². The molecule has 1 fully saturated rings. The molecular formula is C21H22ClN5O3. The number of nitrogens with zero attached hydrogens (tertiary/aromatic N) is 3. The average Bonchev–Trinajstić information content (AvgIpc) is 3.10. The fourth-order valence-corrected chi connectivity index (χ4v) is 3.48. The first kappa shape index (κ1) is 20.1. The Balaban J connectivity index is 1.77. The summed E-state index contributed by atoms with van der Waals surface area (Å²) in [5, 5.41) is 8.11. The number of rotatable bonds is 4.